The zero-order chi connectivity index (χ0) is 21.9. The number of thioether (sulfide) groups is 1. The van der Waals surface area contributed by atoms with Gasteiger partial charge in [0, 0.05) is 56.1 Å². The van der Waals surface area contributed by atoms with Gasteiger partial charge in [0.25, 0.3) is 0 Å². The summed E-state index contributed by atoms with van der Waals surface area (Å²) in [5, 5.41) is 6.96. The number of piperidine rings is 1. The number of nitrogens with zero attached hydrogens (tertiary/aromatic N) is 3. The molecule has 1 amide bonds. The average Bonchev–Trinajstić information content (AvgIpc) is 2.81. The molecule has 0 atom stereocenters. The predicted octanol–water partition coefficient (Wildman–Crippen LogP) is 3.69. The van der Waals surface area contributed by atoms with Crippen molar-refractivity contribution in [3.8, 4) is 0 Å². The minimum Gasteiger partial charge on any atom is -0.371 e. The number of nitrogens with one attached hydrogen (secondary N) is 2. The Bertz CT molecular complexity index is 827. The Morgan fingerprint density at radius 2 is 1.69 bits per heavy atom. The van der Waals surface area contributed by atoms with Crippen LogP contribution in [0.4, 0.5) is 5.69 Å². The summed E-state index contributed by atoms with van der Waals surface area (Å²) in [6.07, 6.45) is 2.08. The fraction of sp³-hybridized carbons (Fsp3) is 0.417. The van der Waals surface area contributed by atoms with Crippen LogP contribution in [-0.4, -0.2) is 68.8 Å². The number of carbonyl (C=O) groups excluding carboxylic acids is 1. The van der Waals surface area contributed by atoms with E-state index in [1.165, 1.54) is 10.6 Å². The number of halogens is 1. The minimum atomic E-state index is -0.00124. The van der Waals surface area contributed by atoms with Crippen LogP contribution in [0.3, 0.4) is 0 Å². The third-order valence-corrected chi connectivity index (χ3v) is 6.25. The maximum atomic E-state index is 12.0. The highest BCUT2D eigenvalue weighted by atomic mass is 127. The maximum absolute atomic E-state index is 12.0. The number of amides is 1. The van der Waals surface area contributed by atoms with Crippen molar-refractivity contribution < 1.29 is 4.79 Å². The van der Waals surface area contributed by atoms with Gasteiger partial charge in [0.05, 0.1) is 0 Å². The van der Waals surface area contributed by atoms with Crippen molar-refractivity contribution in [2.75, 3.05) is 50.9 Å². The van der Waals surface area contributed by atoms with Crippen LogP contribution in [-0.2, 0) is 4.79 Å². The van der Waals surface area contributed by atoms with Crippen molar-refractivity contribution >= 4 is 53.3 Å². The molecule has 2 aromatic carbocycles. The quantitative estimate of drug-likeness (QED) is 0.168. The summed E-state index contributed by atoms with van der Waals surface area (Å²) in [4.78, 5) is 21.8. The molecule has 2 aromatic rings. The number of hydrogen-bond donors (Lipinski definition) is 2. The van der Waals surface area contributed by atoms with E-state index in [1.54, 1.807) is 19.0 Å². The Balaban J connectivity index is 0.00000363. The largest absolute Gasteiger partial charge is 0.371 e. The normalized spacial score (nSPS) is 14.4. The van der Waals surface area contributed by atoms with Crippen LogP contribution in [0.1, 0.15) is 12.8 Å². The van der Waals surface area contributed by atoms with Gasteiger partial charge in [0.15, 0.2) is 5.96 Å². The van der Waals surface area contributed by atoms with Gasteiger partial charge in [-0.15, -0.1) is 35.7 Å². The monoisotopic (exact) mass is 567 g/mol. The van der Waals surface area contributed by atoms with E-state index in [4.69, 9.17) is 0 Å². The lowest BCUT2D eigenvalue weighted by atomic mass is 10.0. The van der Waals surface area contributed by atoms with E-state index in [0.29, 0.717) is 6.04 Å². The Morgan fingerprint density at radius 1 is 1.06 bits per heavy atom. The van der Waals surface area contributed by atoms with E-state index in [-0.39, 0.29) is 36.4 Å². The molecule has 0 unspecified atom stereocenters. The Hall–Kier alpha value is -1.94. The van der Waals surface area contributed by atoms with Gasteiger partial charge in [0.2, 0.25) is 5.91 Å². The van der Waals surface area contributed by atoms with E-state index in [2.05, 4.69) is 75.1 Å². The SMILES string of the molecule is CN(C)C(=O)CN=C(NCCSc1ccccc1)NC1CCN(c2ccccc2)CC1.I. The molecule has 1 aliphatic heterocycles. The van der Waals surface area contributed by atoms with Crippen LogP contribution in [0.25, 0.3) is 0 Å². The molecule has 0 saturated carbocycles. The molecule has 2 N–H and O–H groups in total. The third-order valence-electron chi connectivity index (χ3n) is 5.23. The number of rotatable bonds is 8. The summed E-state index contributed by atoms with van der Waals surface area (Å²) in [5.41, 5.74) is 1.28. The molecule has 1 fully saturated rings. The molecule has 32 heavy (non-hydrogen) atoms. The van der Waals surface area contributed by atoms with Gasteiger partial charge in [-0.1, -0.05) is 36.4 Å². The lowest BCUT2D eigenvalue weighted by Crippen LogP contribution is -2.49. The molecule has 3 rings (SSSR count). The van der Waals surface area contributed by atoms with E-state index in [1.807, 2.05) is 17.8 Å². The van der Waals surface area contributed by atoms with Crippen LogP contribution in [0.5, 0.6) is 0 Å². The molecule has 1 aliphatic rings. The van der Waals surface area contributed by atoms with Crippen molar-refractivity contribution in [1.29, 1.82) is 0 Å². The van der Waals surface area contributed by atoms with Crippen LogP contribution in [0.2, 0.25) is 0 Å². The smallest absolute Gasteiger partial charge is 0.243 e. The highest BCUT2D eigenvalue weighted by Gasteiger charge is 2.20. The van der Waals surface area contributed by atoms with Gasteiger partial charge in [-0.05, 0) is 37.1 Å². The molecule has 0 bridgehead atoms. The van der Waals surface area contributed by atoms with Gasteiger partial charge in [-0.2, -0.15) is 0 Å². The maximum Gasteiger partial charge on any atom is 0.243 e. The number of benzene rings is 2. The van der Waals surface area contributed by atoms with Crippen molar-refractivity contribution in [1.82, 2.24) is 15.5 Å². The van der Waals surface area contributed by atoms with Gasteiger partial charge >= 0.3 is 0 Å². The fourth-order valence-corrected chi connectivity index (χ4v) is 4.20. The van der Waals surface area contributed by atoms with E-state index >= 15 is 0 Å². The zero-order valence-electron chi connectivity index (χ0n) is 18.9. The highest BCUT2D eigenvalue weighted by molar-refractivity contribution is 14.0. The molecule has 0 radical (unpaired) electrons. The zero-order valence-corrected chi connectivity index (χ0v) is 22.0. The Morgan fingerprint density at radius 3 is 2.31 bits per heavy atom. The number of hydrogen-bond acceptors (Lipinski definition) is 4. The second kappa shape index (κ2) is 14.3. The molecule has 8 heteroatoms. The lowest BCUT2D eigenvalue weighted by Gasteiger charge is -2.34. The second-order valence-corrected chi connectivity index (χ2v) is 8.95. The Labute approximate surface area is 213 Å². The van der Waals surface area contributed by atoms with Gasteiger partial charge in [-0.3, -0.25) is 4.79 Å². The van der Waals surface area contributed by atoms with Crippen molar-refractivity contribution in [3.63, 3.8) is 0 Å². The molecule has 174 valence electrons. The minimum absolute atomic E-state index is 0. The number of anilines is 1. The van der Waals surface area contributed by atoms with E-state index < -0.39 is 0 Å². The van der Waals surface area contributed by atoms with Crippen LogP contribution in [0.15, 0.2) is 70.6 Å². The van der Waals surface area contributed by atoms with E-state index in [0.717, 1.165) is 44.2 Å². The summed E-state index contributed by atoms with van der Waals surface area (Å²) >= 11 is 1.81. The van der Waals surface area contributed by atoms with Crippen molar-refractivity contribution in [3.05, 3.63) is 60.7 Å². The second-order valence-electron chi connectivity index (χ2n) is 7.78. The molecule has 0 spiro atoms. The number of carbonyl (C=O) groups is 1. The van der Waals surface area contributed by atoms with Gasteiger partial charge < -0.3 is 20.4 Å². The average molecular weight is 568 g/mol. The van der Waals surface area contributed by atoms with Crippen molar-refractivity contribution in [2.24, 2.45) is 4.99 Å². The van der Waals surface area contributed by atoms with Crippen LogP contribution < -0.4 is 15.5 Å². The third kappa shape index (κ3) is 8.90. The molecular weight excluding hydrogens is 533 g/mol. The number of guanidine groups is 1. The molecule has 0 aromatic heterocycles. The first-order valence-electron chi connectivity index (χ1n) is 10.8. The van der Waals surface area contributed by atoms with Crippen LogP contribution in [0, 0.1) is 0 Å². The first-order chi connectivity index (χ1) is 15.1. The van der Waals surface area contributed by atoms with Gasteiger partial charge in [0.1, 0.15) is 6.54 Å². The summed E-state index contributed by atoms with van der Waals surface area (Å²) in [7, 11) is 3.52. The first-order valence-corrected chi connectivity index (χ1v) is 11.8. The number of para-hydroxylation sites is 1. The summed E-state index contributed by atoms with van der Waals surface area (Å²) in [6, 6.07) is 21.3. The summed E-state index contributed by atoms with van der Waals surface area (Å²) in [5.74, 6) is 1.65. The summed E-state index contributed by atoms with van der Waals surface area (Å²) < 4.78 is 0. The first kappa shape index (κ1) is 26.3. The molecule has 0 aliphatic carbocycles. The summed E-state index contributed by atoms with van der Waals surface area (Å²) in [6.45, 7) is 2.95. The molecule has 1 saturated heterocycles. The number of aliphatic imine (C=N–C) groups is 1. The molecular formula is C24H34IN5OS. The number of likely N-dealkylation sites (N-methyl/N-ethyl adjacent to an activating group) is 1. The molecule has 6 nitrogen and oxygen atoms in total. The predicted molar refractivity (Wildman–Crippen MR) is 146 cm³/mol. The van der Waals surface area contributed by atoms with Crippen LogP contribution >= 0.6 is 35.7 Å². The topological polar surface area (TPSA) is 60.0 Å². The van der Waals surface area contributed by atoms with Gasteiger partial charge in [-0.25, -0.2) is 4.99 Å². The van der Waals surface area contributed by atoms with Crippen molar-refractivity contribution in [2.45, 2.75) is 23.8 Å². The molecule has 1 heterocycles. The standard InChI is InChI=1S/C24H33N5OS.HI/c1-28(2)23(30)19-26-24(25-15-18-31-22-11-7-4-8-12-22)27-20-13-16-29(17-14-20)21-9-5-3-6-10-21;/h3-12,20H,13-19H2,1-2H3,(H2,25,26,27);1H. The highest BCUT2D eigenvalue weighted by Crippen LogP contribution is 2.19. The Kier molecular flexibility index (Phi) is 11.7. The fourth-order valence-electron chi connectivity index (χ4n) is 3.41. The van der Waals surface area contributed by atoms with E-state index in [9.17, 15) is 4.79 Å². The lowest BCUT2D eigenvalue weighted by molar-refractivity contribution is -0.127.